The topological polar surface area (TPSA) is 108 Å². The minimum absolute atomic E-state index is 0.0235. The second-order valence-corrected chi connectivity index (χ2v) is 19.0. The molecule has 0 unspecified atom stereocenters. The van der Waals surface area contributed by atoms with Gasteiger partial charge < -0.3 is 13.8 Å². The lowest BCUT2D eigenvalue weighted by Crippen LogP contribution is -2.59. The highest BCUT2D eigenvalue weighted by Crippen LogP contribution is 2.36. The zero-order chi connectivity index (χ0) is 26.0. The van der Waals surface area contributed by atoms with Gasteiger partial charge in [-0.2, -0.15) is 4.31 Å². The van der Waals surface area contributed by atoms with Crippen molar-refractivity contribution in [2.45, 2.75) is 49.8 Å². The standard InChI is InChI=1S/C23H31BrN2O6S2Si/c1-23(2,3)35(4,5)32-25-22(27)21-16-33(28)15-14-26(21)34(29,30)20-12-10-19(11-13-20)31-18-8-6-17(24)7-9-18/h6-13,21H,14-16H2,1-5H3,(H,25,27)/t21-,33-/m0/s1. The van der Waals surface area contributed by atoms with Crippen molar-refractivity contribution < 1.29 is 27.0 Å². The third-order valence-corrected chi connectivity index (χ3v) is 14.2. The molecule has 1 aliphatic heterocycles. The highest BCUT2D eigenvalue weighted by Gasteiger charge is 2.44. The molecule has 2 aromatic carbocycles. The number of nitrogens with zero attached hydrogens (tertiary/aromatic N) is 1. The third kappa shape index (κ3) is 6.88. The van der Waals surface area contributed by atoms with Crippen LogP contribution in [0.2, 0.25) is 18.1 Å². The number of hydroxylamine groups is 1. The van der Waals surface area contributed by atoms with Crippen LogP contribution in [-0.4, -0.2) is 55.6 Å². The molecule has 2 atom stereocenters. The first-order valence-electron chi connectivity index (χ1n) is 11.1. The molecule has 1 heterocycles. The summed E-state index contributed by atoms with van der Waals surface area (Å²) in [5.74, 6) is 0.554. The number of nitrogens with one attached hydrogen (secondary N) is 1. The fraction of sp³-hybridized carbons (Fsp3) is 0.435. The van der Waals surface area contributed by atoms with Crippen LogP contribution in [0, 0.1) is 0 Å². The Morgan fingerprint density at radius 2 is 1.66 bits per heavy atom. The van der Waals surface area contributed by atoms with Gasteiger partial charge in [-0.3, -0.25) is 4.79 Å². The van der Waals surface area contributed by atoms with Crippen LogP contribution in [0.15, 0.2) is 57.9 Å². The summed E-state index contributed by atoms with van der Waals surface area (Å²) in [5.41, 5.74) is 2.47. The SMILES string of the molecule is CC(C)(C)[Si](C)(C)ONC(=O)[C@@H]1C[S@@+]([O-])CCN1S(=O)(=O)c1ccc(Oc2ccc(Br)cc2)cc1. The number of ether oxygens (including phenoxy) is 1. The molecule has 8 nitrogen and oxygen atoms in total. The second kappa shape index (κ2) is 10.9. The van der Waals surface area contributed by atoms with E-state index in [-0.39, 0.29) is 28.0 Å². The van der Waals surface area contributed by atoms with E-state index in [9.17, 15) is 17.8 Å². The zero-order valence-electron chi connectivity index (χ0n) is 20.4. The number of halogens is 1. The molecule has 0 saturated carbocycles. The summed E-state index contributed by atoms with van der Waals surface area (Å²) in [7, 11) is -6.34. The van der Waals surface area contributed by atoms with Crippen molar-refractivity contribution in [3.05, 3.63) is 53.0 Å². The van der Waals surface area contributed by atoms with Crippen molar-refractivity contribution in [1.82, 2.24) is 9.79 Å². The van der Waals surface area contributed by atoms with Gasteiger partial charge in [-0.15, -0.1) is 0 Å². The molecule has 0 bridgehead atoms. The monoisotopic (exact) mass is 602 g/mol. The van der Waals surface area contributed by atoms with E-state index < -0.39 is 41.5 Å². The first-order chi connectivity index (χ1) is 16.2. The minimum Gasteiger partial charge on any atom is -0.616 e. The molecule has 2 aromatic rings. The van der Waals surface area contributed by atoms with E-state index in [0.717, 1.165) is 8.78 Å². The lowest BCUT2D eigenvalue weighted by atomic mass is 10.2. The van der Waals surface area contributed by atoms with Crippen LogP contribution in [0.1, 0.15) is 20.8 Å². The fourth-order valence-corrected chi connectivity index (χ4v) is 7.01. The van der Waals surface area contributed by atoms with E-state index in [2.05, 4.69) is 21.4 Å². The van der Waals surface area contributed by atoms with Crippen molar-refractivity contribution in [3.63, 3.8) is 0 Å². The molecule has 3 rings (SSSR count). The fourth-order valence-electron chi connectivity index (χ4n) is 3.04. The summed E-state index contributed by atoms with van der Waals surface area (Å²) in [6.07, 6.45) is 0. The molecule has 0 aromatic heterocycles. The predicted molar refractivity (Wildman–Crippen MR) is 143 cm³/mol. The van der Waals surface area contributed by atoms with E-state index in [4.69, 9.17) is 9.26 Å². The molecular formula is C23H31BrN2O6S2Si. The summed E-state index contributed by atoms with van der Waals surface area (Å²) in [6.45, 7) is 10.0. The smallest absolute Gasteiger partial charge is 0.265 e. The lowest BCUT2D eigenvalue weighted by molar-refractivity contribution is -0.131. The molecule has 0 spiro atoms. The van der Waals surface area contributed by atoms with E-state index >= 15 is 0 Å². The van der Waals surface area contributed by atoms with Crippen molar-refractivity contribution in [2.75, 3.05) is 18.1 Å². The molecule has 35 heavy (non-hydrogen) atoms. The summed E-state index contributed by atoms with van der Waals surface area (Å²) < 4.78 is 52.7. The van der Waals surface area contributed by atoms with E-state index in [0.29, 0.717) is 11.5 Å². The third-order valence-electron chi connectivity index (χ3n) is 6.23. The number of sulfonamides is 1. The van der Waals surface area contributed by atoms with Crippen molar-refractivity contribution in [1.29, 1.82) is 0 Å². The predicted octanol–water partition coefficient (Wildman–Crippen LogP) is 4.42. The first-order valence-corrected chi connectivity index (χ1v) is 17.7. The van der Waals surface area contributed by atoms with E-state index in [1.807, 2.05) is 46.0 Å². The minimum atomic E-state index is -4.02. The Balaban J connectivity index is 1.77. The molecule has 0 aliphatic carbocycles. The maximum atomic E-state index is 13.4. The van der Waals surface area contributed by atoms with Gasteiger partial charge in [-0.05, 0) is 66.7 Å². The first kappa shape index (κ1) is 28.2. The van der Waals surface area contributed by atoms with Crippen molar-refractivity contribution in [2.24, 2.45) is 0 Å². The van der Waals surface area contributed by atoms with Crippen LogP contribution in [0.25, 0.3) is 0 Å². The average Bonchev–Trinajstić information content (AvgIpc) is 2.78. The van der Waals surface area contributed by atoms with Gasteiger partial charge in [0, 0.05) is 4.47 Å². The largest absolute Gasteiger partial charge is 0.616 e. The van der Waals surface area contributed by atoms with Crippen LogP contribution in [0.5, 0.6) is 11.5 Å². The van der Waals surface area contributed by atoms with Crippen molar-refractivity contribution >= 4 is 51.4 Å². The molecule has 1 amide bonds. The molecule has 1 fully saturated rings. The van der Waals surface area contributed by atoms with Gasteiger partial charge in [0.25, 0.3) is 5.91 Å². The number of hydrogen-bond acceptors (Lipinski definition) is 6. The van der Waals surface area contributed by atoms with Crippen LogP contribution in [0.4, 0.5) is 0 Å². The number of carbonyl (C=O) groups is 1. The highest BCUT2D eigenvalue weighted by atomic mass is 79.9. The molecule has 12 heteroatoms. The Labute approximate surface area is 219 Å². The number of hydrogen-bond donors (Lipinski definition) is 1. The normalized spacial score (nSPS) is 19.9. The Kier molecular flexibility index (Phi) is 8.78. The average molecular weight is 604 g/mol. The maximum Gasteiger partial charge on any atom is 0.265 e. The van der Waals surface area contributed by atoms with Crippen LogP contribution >= 0.6 is 15.9 Å². The van der Waals surface area contributed by atoms with Gasteiger partial charge in [-0.25, -0.2) is 13.9 Å². The maximum absolute atomic E-state index is 13.4. The Bertz CT molecular complexity index is 1140. The van der Waals surface area contributed by atoms with Gasteiger partial charge >= 0.3 is 0 Å². The zero-order valence-corrected chi connectivity index (χ0v) is 24.6. The van der Waals surface area contributed by atoms with E-state index in [1.54, 1.807) is 24.3 Å². The van der Waals surface area contributed by atoms with Gasteiger partial charge in [-0.1, -0.05) is 47.9 Å². The molecule has 1 N–H and O–H groups in total. The Morgan fingerprint density at radius 3 is 2.20 bits per heavy atom. The summed E-state index contributed by atoms with van der Waals surface area (Å²) in [5, 5.41) is -0.151. The van der Waals surface area contributed by atoms with Crippen LogP contribution in [0.3, 0.4) is 0 Å². The Morgan fingerprint density at radius 1 is 1.11 bits per heavy atom. The summed E-state index contributed by atoms with van der Waals surface area (Å²) in [4.78, 5) is 13.0. The molecular weight excluding hydrogens is 572 g/mol. The number of benzene rings is 2. The van der Waals surface area contributed by atoms with E-state index in [1.165, 1.54) is 12.1 Å². The molecule has 0 radical (unpaired) electrons. The second-order valence-electron chi connectivity index (χ2n) is 9.80. The number of amides is 1. The number of carbonyl (C=O) groups excluding carboxylic acids is 1. The highest BCUT2D eigenvalue weighted by molar-refractivity contribution is 9.10. The molecule has 1 saturated heterocycles. The quantitative estimate of drug-likeness (QED) is 0.285. The van der Waals surface area contributed by atoms with Crippen LogP contribution in [-0.2, 0) is 30.5 Å². The molecule has 1 aliphatic rings. The van der Waals surface area contributed by atoms with Gasteiger partial charge in [0.05, 0.1) is 11.4 Å². The summed E-state index contributed by atoms with van der Waals surface area (Å²) in [6, 6.07) is 12.1. The number of rotatable bonds is 7. The Hall–Kier alpha value is -1.41. The van der Waals surface area contributed by atoms with Crippen molar-refractivity contribution in [3.8, 4) is 11.5 Å². The lowest BCUT2D eigenvalue weighted by Gasteiger charge is -2.37. The summed E-state index contributed by atoms with van der Waals surface area (Å²) >= 11 is 2.06. The van der Waals surface area contributed by atoms with Crippen LogP contribution < -0.4 is 10.2 Å². The van der Waals surface area contributed by atoms with Gasteiger partial charge in [0.15, 0.2) is 6.04 Å². The van der Waals surface area contributed by atoms with Gasteiger partial charge in [0.2, 0.25) is 18.3 Å². The molecule has 192 valence electrons. The van der Waals surface area contributed by atoms with Gasteiger partial charge in [0.1, 0.15) is 23.0 Å².